The number of pyridine rings is 1. The fourth-order valence-electron chi connectivity index (χ4n) is 1.38. The van der Waals surface area contributed by atoms with Crippen LogP contribution in [0.4, 0.5) is 24.5 Å². The number of nitriles is 1. The highest BCUT2D eigenvalue weighted by Gasteiger charge is 2.12. The molecule has 6 heteroatoms. The highest BCUT2D eigenvalue weighted by atomic mass is 19.2. The van der Waals surface area contributed by atoms with Gasteiger partial charge in [-0.25, -0.2) is 13.2 Å². The topological polar surface area (TPSA) is 48.7 Å². The monoisotopic (exact) mass is 249 g/mol. The van der Waals surface area contributed by atoms with Crippen LogP contribution in [0.15, 0.2) is 30.6 Å². The molecule has 1 N–H and O–H groups in total. The van der Waals surface area contributed by atoms with Crippen LogP contribution < -0.4 is 5.32 Å². The van der Waals surface area contributed by atoms with Gasteiger partial charge in [-0.1, -0.05) is 0 Å². The Bertz CT molecular complexity index is 635. The lowest BCUT2D eigenvalue weighted by atomic mass is 10.2. The van der Waals surface area contributed by atoms with Crippen LogP contribution in [0.1, 0.15) is 5.56 Å². The Morgan fingerprint density at radius 3 is 2.67 bits per heavy atom. The van der Waals surface area contributed by atoms with E-state index in [9.17, 15) is 13.2 Å². The van der Waals surface area contributed by atoms with Crippen molar-refractivity contribution in [2.75, 3.05) is 5.32 Å². The minimum absolute atomic E-state index is 0.170. The first kappa shape index (κ1) is 11.9. The van der Waals surface area contributed by atoms with E-state index < -0.39 is 23.1 Å². The number of rotatable bonds is 2. The van der Waals surface area contributed by atoms with E-state index in [-0.39, 0.29) is 11.3 Å². The zero-order chi connectivity index (χ0) is 13.1. The largest absolute Gasteiger partial charge is 0.351 e. The van der Waals surface area contributed by atoms with Crippen molar-refractivity contribution < 1.29 is 13.2 Å². The van der Waals surface area contributed by atoms with Gasteiger partial charge >= 0.3 is 0 Å². The zero-order valence-corrected chi connectivity index (χ0v) is 8.92. The molecule has 0 radical (unpaired) electrons. The first-order valence-corrected chi connectivity index (χ1v) is 4.87. The third-order valence-electron chi connectivity index (χ3n) is 2.20. The lowest BCUT2D eigenvalue weighted by Gasteiger charge is -2.09. The summed E-state index contributed by atoms with van der Waals surface area (Å²) in [6.45, 7) is 0. The van der Waals surface area contributed by atoms with Gasteiger partial charge in [-0.15, -0.1) is 0 Å². The van der Waals surface area contributed by atoms with Gasteiger partial charge in [0.1, 0.15) is 11.9 Å². The molecule has 0 amide bonds. The molecule has 0 aliphatic rings. The SMILES string of the molecule is N#Cc1ccncc1Nc1cc(F)cc(F)c1F. The average Bonchev–Trinajstić information content (AvgIpc) is 2.36. The molecule has 0 saturated carbocycles. The highest BCUT2D eigenvalue weighted by Crippen LogP contribution is 2.24. The van der Waals surface area contributed by atoms with Crippen LogP contribution in [0, 0.1) is 28.8 Å². The summed E-state index contributed by atoms with van der Waals surface area (Å²) < 4.78 is 39.4. The van der Waals surface area contributed by atoms with Crippen molar-refractivity contribution in [2.45, 2.75) is 0 Å². The van der Waals surface area contributed by atoms with Gasteiger partial charge in [0.15, 0.2) is 11.6 Å². The summed E-state index contributed by atoms with van der Waals surface area (Å²) in [5.74, 6) is -3.44. The molecule has 90 valence electrons. The predicted molar refractivity (Wildman–Crippen MR) is 58.6 cm³/mol. The molecule has 0 atom stereocenters. The quantitative estimate of drug-likeness (QED) is 0.832. The Morgan fingerprint density at radius 1 is 1.17 bits per heavy atom. The molecule has 1 heterocycles. The van der Waals surface area contributed by atoms with Crippen LogP contribution >= 0.6 is 0 Å². The minimum Gasteiger partial charge on any atom is -0.351 e. The number of nitrogens with zero attached hydrogens (tertiary/aromatic N) is 2. The number of nitrogens with one attached hydrogen (secondary N) is 1. The molecule has 0 unspecified atom stereocenters. The van der Waals surface area contributed by atoms with E-state index in [4.69, 9.17) is 5.26 Å². The summed E-state index contributed by atoms with van der Waals surface area (Å²) in [6, 6.07) is 4.49. The fraction of sp³-hybridized carbons (Fsp3) is 0. The Kier molecular flexibility index (Phi) is 3.15. The minimum atomic E-state index is -1.31. The Morgan fingerprint density at radius 2 is 1.94 bits per heavy atom. The van der Waals surface area contributed by atoms with E-state index in [0.29, 0.717) is 6.07 Å². The molecule has 0 bridgehead atoms. The zero-order valence-electron chi connectivity index (χ0n) is 8.92. The number of hydrogen-bond donors (Lipinski definition) is 1. The number of halogens is 3. The normalized spacial score (nSPS) is 9.89. The van der Waals surface area contributed by atoms with E-state index in [1.165, 1.54) is 18.5 Å². The molecule has 0 aliphatic heterocycles. The van der Waals surface area contributed by atoms with E-state index >= 15 is 0 Å². The Hall–Kier alpha value is -2.55. The van der Waals surface area contributed by atoms with Crippen molar-refractivity contribution in [1.82, 2.24) is 4.98 Å². The van der Waals surface area contributed by atoms with Crippen LogP contribution in [-0.4, -0.2) is 4.98 Å². The van der Waals surface area contributed by atoms with Crippen molar-refractivity contribution in [3.05, 3.63) is 53.6 Å². The number of aromatic nitrogens is 1. The van der Waals surface area contributed by atoms with Gasteiger partial charge in [-0.3, -0.25) is 4.98 Å². The lowest BCUT2D eigenvalue weighted by molar-refractivity contribution is 0.498. The number of anilines is 2. The summed E-state index contributed by atoms with van der Waals surface area (Å²) in [7, 11) is 0. The number of hydrogen-bond acceptors (Lipinski definition) is 3. The molecule has 0 fully saturated rings. The molecule has 3 nitrogen and oxygen atoms in total. The summed E-state index contributed by atoms with van der Waals surface area (Å²) >= 11 is 0. The van der Waals surface area contributed by atoms with E-state index in [0.717, 1.165) is 6.07 Å². The van der Waals surface area contributed by atoms with Crippen molar-refractivity contribution >= 4 is 11.4 Å². The highest BCUT2D eigenvalue weighted by molar-refractivity contribution is 5.65. The van der Waals surface area contributed by atoms with Crippen molar-refractivity contribution in [2.24, 2.45) is 0 Å². The molecular weight excluding hydrogens is 243 g/mol. The molecule has 1 aromatic carbocycles. The number of benzene rings is 1. The molecule has 2 rings (SSSR count). The third kappa shape index (κ3) is 2.25. The van der Waals surface area contributed by atoms with Crippen molar-refractivity contribution in [3.63, 3.8) is 0 Å². The van der Waals surface area contributed by atoms with E-state index in [1.807, 2.05) is 6.07 Å². The average molecular weight is 249 g/mol. The summed E-state index contributed by atoms with van der Waals surface area (Å²) in [6.07, 6.45) is 2.65. The first-order valence-electron chi connectivity index (χ1n) is 4.87. The van der Waals surface area contributed by atoms with Crippen LogP contribution in [0.25, 0.3) is 0 Å². The predicted octanol–water partition coefficient (Wildman–Crippen LogP) is 3.11. The second kappa shape index (κ2) is 4.75. The molecule has 2 aromatic rings. The van der Waals surface area contributed by atoms with E-state index in [1.54, 1.807) is 0 Å². The van der Waals surface area contributed by atoms with Crippen LogP contribution in [0.3, 0.4) is 0 Å². The van der Waals surface area contributed by atoms with Crippen molar-refractivity contribution in [1.29, 1.82) is 5.26 Å². The maximum atomic E-state index is 13.4. The smallest absolute Gasteiger partial charge is 0.182 e. The molecule has 0 spiro atoms. The summed E-state index contributed by atoms with van der Waals surface area (Å²) in [5, 5.41) is 11.2. The van der Waals surface area contributed by atoms with Crippen LogP contribution in [0.5, 0.6) is 0 Å². The van der Waals surface area contributed by atoms with Gasteiger partial charge < -0.3 is 5.32 Å². The Labute approximate surface area is 101 Å². The molecule has 1 aromatic heterocycles. The Balaban J connectivity index is 2.44. The standard InChI is InChI=1S/C12H6F3N3/c13-8-3-9(14)12(15)10(4-8)18-11-6-17-2-1-7(11)5-16/h1-4,6,18H. The van der Waals surface area contributed by atoms with Gasteiger partial charge in [0, 0.05) is 18.3 Å². The third-order valence-corrected chi connectivity index (χ3v) is 2.20. The van der Waals surface area contributed by atoms with E-state index in [2.05, 4.69) is 10.3 Å². The molecule has 0 saturated heterocycles. The molecular formula is C12H6F3N3. The second-order valence-electron chi connectivity index (χ2n) is 3.41. The molecule has 18 heavy (non-hydrogen) atoms. The first-order chi connectivity index (χ1) is 8.61. The fourth-order valence-corrected chi connectivity index (χ4v) is 1.38. The van der Waals surface area contributed by atoms with Crippen molar-refractivity contribution in [3.8, 4) is 6.07 Å². The summed E-state index contributed by atoms with van der Waals surface area (Å²) in [4.78, 5) is 3.74. The van der Waals surface area contributed by atoms with Crippen LogP contribution in [0.2, 0.25) is 0 Å². The maximum absolute atomic E-state index is 13.4. The van der Waals surface area contributed by atoms with Crippen LogP contribution in [-0.2, 0) is 0 Å². The van der Waals surface area contributed by atoms with Gasteiger partial charge in [0.05, 0.1) is 23.1 Å². The lowest BCUT2D eigenvalue weighted by Crippen LogP contribution is -2.00. The van der Waals surface area contributed by atoms with Gasteiger partial charge in [0.2, 0.25) is 0 Å². The van der Waals surface area contributed by atoms with Gasteiger partial charge in [0.25, 0.3) is 0 Å². The second-order valence-corrected chi connectivity index (χ2v) is 3.41. The summed E-state index contributed by atoms with van der Waals surface area (Å²) in [5.41, 5.74) is -0.0324. The van der Waals surface area contributed by atoms with Gasteiger partial charge in [-0.05, 0) is 6.07 Å². The van der Waals surface area contributed by atoms with Gasteiger partial charge in [-0.2, -0.15) is 5.26 Å². The maximum Gasteiger partial charge on any atom is 0.182 e. The molecule has 0 aliphatic carbocycles.